The Bertz CT molecular complexity index is 747. The zero-order valence-corrected chi connectivity index (χ0v) is 15.2. The van der Waals surface area contributed by atoms with Gasteiger partial charge in [-0.25, -0.2) is 0 Å². The first kappa shape index (κ1) is 18.1. The number of rotatable bonds is 6. The Morgan fingerprint density at radius 1 is 1.25 bits per heavy atom. The fourth-order valence-corrected chi connectivity index (χ4v) is 2.62. The van der Waals surface area contributed by atoms with Crippen LogP contribution in [0.25, 0.3) is 11.3 Å². The maximum Gasteiger partial charge on any atom is 0.307 e. The summed E-state index contributed by atoms with van der Waals surface area (Å²) in [5.74, 6) is -0.567. The topological polar surface area (TPSA) is 68.3 Å². The van der Waals surface area contributed by atoms with Gasteiger partial charge in [0.25, 0.3) is 5.91 Å². The number of hydrogen-bond donors (Lipinski definition) is 1. The van der Waals surface area contributed by atoms with Gasteiger partial charge in [-0.2, -0.15) is 0 Å². The van der Waals surface area contributed by atoms with Gasteiger partial charge in [-0.1, -0.05) is 28.1 Å². The van der Waals surface area contributed by atoms with E-state index in [9.17, 15) is 9.59 Å². The highest BCUT2D eigenvalue weighted by Gasteiger charge is 2.12. The third-order valence-electron chi connectivity index (χ3n) is 3.37. The Kier molecular flexibility index (Phi) is 6.49. The summed E-state index contributed by atoms with van der Waals surface area (Å²) in [7, 11) is 0. The number of carbonyl (C=O) groups is 2. The van der Waals surface area contributed by atoms with E-state index in [1.807, 2.05) is 30.3 Å². The van der Waals surface area contributed by atoms with Crippen LogP contribution < -0.4 is 5.32 Å². The molecule has 126 valence electrons. The van der Waals surface area contributed by atoms with Crippen molar-refractivity contribution >= 4 is 27.8 Å². The smallest absolute Gasteiger partial charge is 0.307 e. The molecular formula is C18H19BrN2O3. The molecule has 1 heterocycles. The van der Waals surface area contributed by atoms with Gasteiger partial charge in [-0.05, 0) is 38.1 Å². The van der Waals surface area contributed by atoms with E-state index in [1.165, 1.54) is 0 Å². The number of nitrogens with zero attached hydrogens (tertiary/aromatic N) is 1. The number of benzene rings is 1. The van der Waals surface area contributed by atoms with Gasteiger partial charge in [0.2, 0.25) is 0 Å². The summed E-state index contributed by atoms with van der Waals surface area (Å²) < 4.78 is 5.79. The lowest BCUT2D eigenvalue weighted by atomic mass is 10.1. The highest BCUT2D eigenvalue weighted by atomic mass is 79.9. The summed E-state index contributed by atoms with van der Waals surface area (Å²) in [5, 5.41) is 2.71. The van der Waals surface area contributed by atoms with E-state index in [0.29, 0.717) is 17.9 Å². The van der Waals surface area contributed by atoms with Crippen LogP contribution in [0.5, 0.6) is 0 Å². The van der Waals surface area contributed by atoms with Crippen LogP contribution in [0.1, 0.15) is 29.4 Å². The molecule has 0 bridgehead atoms. The van der Waals surface area contributed by atoms with Gasteiger partial charge in [0, 0.05) is 16.6 Å². The van der Waals surface area contributed by atoms with Crippen molar-refractivity contribution in [1.29, 1.82) is 0 Å². The molecule has 0 unspecified atom stereocenters. The second kappa shape index (κ2) is 8.59. The van der Waals surface area contributed by atoms with Crippen molar-refractivity contribution in [3.05, 3.63) is 52.1 Å². The van der Waals surface area contributed by atoms with Crippen LogP contribution >= 0.6 is 15.9 Å². The molecule has 24 heavy (non-hydrogen) atoms. The third kappa shape index (κ3) is 4.89. The van der Waals surface area contributed by atoms with Crippen LogP contribution in [-0.2, 0) is 9.53 Å². The van der Waals surface area contributed by atoms with E-state index < -0.39 is 0 Å². The largest absolute Gasteiger partial charge is 0.466 e. The van der Waals surface area contributed by atoms with Gasteiger partial charge >= 0.3 is 5.97 Å². The standard InChI is InChI=1S/C18H19BrN2O3/c1-3-24-17(22)9-10-20-18(23)15-7-8-16(21-12(15)2)13-5-4-6-14(19)11-13/h4-8,11H,3,9-10H2,1-2H3,(H,20,23). The molecule has 1 amide bonds. The van der Waals surface area contributed by atoms with E-state index in [2.05, 4.69) is 26.2 Å². The average Bonchev–Trinajstić information content (AvgIpc) is 2.55. The van der Waals surface area contributed by atoms with Gasteiger partial charge in [0.1, 0.15) is 0 Å². The van der Waals surface area contributed by atoms with E-state index in [1.54, 1.807) is 19.9 Å². The van der Waals surface area contributed by atoms with Gasteiger partial charge < -0.3 is 10.1 Å². The number of esters is 1. The Balaban J connectivity index is 2.04. The molecule has 0 atom stereocenters. The molecule has 1 aromatic heterocycles. The normalized spacial score (nSPS) is 10.3. The predicted octanol–water partition coefficient (Wildman–Crippen LogP) is 3.50. The van der Waals surface area contributed by atoms with Crippen molar-refractivity contribution in [2.75, 3.05) is 13.2 Å². The molecule has 5 nitrogen and oxygen atoms in total. The van der Waals surface area contributed by atoms with Gasteiger partial charge in [-0.15, -0.1) is 0 Å². The summed E-state index contributed by atoms with van der Waals surface area (Å²) in [6.07, 6.45) is 0.155. The number of pyridine rings is 1. The Morgan fingerprint density at radius 2 is 2.04 bits per heavy atom. The van der Waals surface area contributed by atoms with Gasteiger partial charge in [0.15, 0.2) is 0 Å². The van der Waals surface area contributed by atoms with E-state index in [-0.39, 0.29) is 24.8 Å². The molecule has 1 N–H and O–H groups in total. The summed E-state index contributed by atoms with van der Waals surface area (Å²) in [4.78, 5) is 28.0. The molecule has 2 aromatic rings. The number of aromatic nitrogens is 1. The van der Waals surface area contributed by atoms with Crippen LogP contribution in [0.15, 0.2) is 40.9 Å². The number of hydrogen-bond acceptors (Lipinski definition) is 4. The van der Waals surface area contributed by atoms with E-state index in [4.69, 9.17) is 4.74 Å². The number of halogens is 1. The van der Waals surface area contributed by atoms with Crippen molar-refractivity contribution in [2.24, 2.45) is 0 Å². The zero-order valence-electron chi connectivity index (χ0n) is 13.6. The number of amides is 1. The number of ether oxygens (including phenoxy) is 1. The lowest BCUT2D eigenvalue weighted by Crippen LogP contribution is -2.27. The molecule has 0 aliphatic rings. The fourth-order valence-electron chi connectivity index (χ4n) is 2.22. The van der Waals surface area contributed by atoms with Crippen molar-refractivity contribution in [3.8, 4) is 11.3 Å². The summed E-state index contributed by atoms with van der Waals surface area (Å²) >= 11 is 3.44. The first-order chi connectivity index (χ1) is 11.5. The molecule has 0 aliphatic heterocycles. The fraction of sp³-hybridized carbons (Fsp3) is 0.278. The number of aryl methyl sites for hydroxylation is 1. The second-order valence-electron chi connectivity index (χ2n) is 5.15. The lowest BCUT2D eigenvalue weighted by Gasteiger charge is -2.09. The molecule has 6 heteroatoms. The third-order valence-corrected chi connectivity index (χ3v) is 3.86. The minimum absolute atomic E-state index is 0.155. The quantitative estimate of drug-likeness (QED) is 0.766. The molecule has 2 rings (SSSR count). The maximum absolute atomic E-state index is 12.2. The number of carbonyl (C=O) groups excluding carboxylic acids is 2. The first-order valence-corrected chi connectivity index (χ1v) is 8.48. The molecule has 0 spiro atoms. The first-order valence-electron chi connectivity index (χ1n) is 7.68. The Labute approximate surface area is 149 Å². The van der Waals surface area contributed by atoms with Crippen LogP contribution in [0.3, 0.4) is 0 Å². The van der Waals surface area contributed by atoms with Gasteiger partial charge in [-0.3, -0.25) is 14.6 Å². The monoisotopic (exact) mass is 390 g/mol. The van der Waals surface area contributed by atoms with Crippen molar-refractivity contribution in [1.82, 2.24) is 10.3 Å². The highest BCUT2D eigenvalue weighted by molar-refractivity contribution is 9.10. The Hall–Kier alpha value is -2.21. The minimum atomic E-state index is -0.322. The van der Waals surface area contributed by atoms with Gasteiger partial charge in [0.05, 0.1) is 30.0 Å². The highest BCUT2D eigenvalue weighted by Crippen LogP contribution is 2.22. The van der Waals surface area contributed by atoms with Crippen molar-refractivity contribution < 1.29 is 14.3 Å². The van der Waals surface area contributed by atoms with Crippen LogP contribution in [0, 0.1) is 6.92 Å². The number of nitrogens with one attached hydrogen (secondary N) is 1. The molecular weight excluding hydrogens is 372 g/mol. The summed E-state index contributed by atoms with van der Waals surface area (Å²) in [5.41, 5.74) is 2.91. The van der Waals surface area contributed by atoms with E-state index >= 15 is 0 Å². The van der Waals surface area contributed by atoms with Crippen LogP contribution in [0.4, 0.5) is 0 Å². The minimum Gasteiger partial charge on any atom is -0.466 e. The zero-order chi connectivity index (χ0) is 17.5. The molecule has 0 aliphatic carbocycles. The molecule has 0 saturated heterocycles. The maximum atomic E-state index is 12.2. The summed E-state index contributed by atoms with van der Waals surface area (Å²) in [6, 6.07) is 11.4. The molecule has 0 saturated carbocycles. The van der Waals surface area contributed by atoms with Crippen LogP contribution in [-0.4, -0.2) is 30.0 Å². The summed E-state index contributed by atoms with van der Waals surface area (Å²) in [6.45, 7) is 4.12. The molecule has 0 radical (unpaired) electrons. The predicted molar refractivity (Wildman–Crippen MR) is 95.7 cm³/mol. The SMILES string of the molecule is CCOC(=O)CCNC(=O)c1ccc(-c2cccc(Br)c2)nc1C. The average molecular weight is 391 g/mol. The van der Waals surface area contributed by atoms with Crippen molar-refractivity contribution in [3.63, 3.8) is 0 Å². The Morgan fingerprint density at radius 3 is 2.71 bits per heavy atom. The lowest BCUT2D eigenvalue weighted by molar-refractivity contribution is -0.142. The second-order valence-corrected chi connectivity index (χ2v) is 6.07. The van der Waals surface area contributed by atoms with Crippen LogP contribution in [0.2, 0.25) is 0 Å². The van der Waals surface area contributed by atoms with Crippen molar-refractivity contribution in [2.45, 2.75) is 20.3 Å². The molecule has 0 fully saturated rings. The van der Waals surface area contributed by atoms with E-state index in [0.717, 1.165) is 15.7 Å². The molecule has 1 aromatic carbocycles.